The molecule has 1 atom stereocenters. The lowest BCUT2D eigenvalue weighted by atomic mass is 10.1. The van der Waals surface area contributed by atoms with Gasteiger partial charge in [0.25, 0.3) is 15.9 Å². The summed E-state index contributed by atoms with van der Waals surface area (Å²) in [6.07, 6.45) is -1.05. The third-order valence-electron chi connectivity index (χ3n) is 5.37. The fraction of sp³-hybridized carbons (Fsp3) is 0.208. The van der Waals surface area contributed by atoms with E-state index < -0.39 is 22.0 Å². The van der Waals surface area contributed by atoms with Crippen LogP contribution in [-0.4, -0.2) is 34.1 Å². The zero-order chi connectivity index (χ0) is 23.8. The predicted molar refractivity (Wildman–Crippen MR) is 128 cm³/mol. The van der Waals surface area contributed by atoms with E-state index in [1.165, 1.54) is 23.5 Å². The standard InChI is InChI=1S/C24H23ClN2O5S/c1-15-4-11-21-22(12-15)32-23(24(28)26-20-10-5-17(25)13-16(20)2)14-27(21)33(29,30)19-8-6-18(31-3)7-9-19/h4-13,23H,14H2,1-3H3,(H,26,28)/t23-/m0/s1. The van der Waals surface area contributed by atoms with Gasteiger partial charge in [-0.05, 0) is 79.6 Å². The number of hydrogen-bond acceptors (Lipinski definition) is 5. The molecule has 0 bridgehead atoms. The van der Waals surface area contributed by atoms with E-state index in [0.717, 1.165) is 11.1 Å². The molecular weight excluding hydrogens is 464 g/mol. The number of fused-ring (bicyclic) bond motifs is 1. The van der Waals surface area contributed by atoms with Gasteiger partial charge < -0.3 is 14.8 Å². The molecule has 9 heteroatoms. The molecule has 0 unspecified atom stereocenters. The van der Waals surface area contributed by atoms with Crippen molar-refractivity contribution in [2.24, 2.45) is 0 Å². The minimum absolute atomic E-state index is 0.0874. The van der Waals surface area contributed by atoms with Crippen LogP contribution in [0.1, 0.15) is 11.1 Å². The number of amides is 1. The summed E-state index contributed by atoms with van der Waals surface area (Å²) >= 11 is 6.00. The second-order valence-electron chi connectivity index (χ2n) is 7.74. The Balaban J connectivity index is 1.69. The second-order valence-corrected chi connectivity index (χ2v) is 10.0. The number of sulfonamides is 1. The van der Waals surface area contributed by atoms with E-state index in [1.54, 1.807) is 48.5 Å². The van der Waals surface area contributed by atoms with Crippen LogP contribution in [0.2, 0.25) is 5.02 Å². The maximum Gasteiger partial charge on any atom is 0.267 e. The highest BCUT2D eigenvalue weighted by Crippen LogP contribution is 2.38. The maximum absolute atomic E-state index is 13.5. The van der Waals surface area contributed by atoms with E-state index >= 15 is 0 Å². The Morgan fingerprint density at radius 2 is 1.82 bits per heavy atom. The number of ether oxygens (including phenoxy) is 2. The molecule has 0 aromatic heterocycles. The highest BCUT2D eigenvalue weighted by Gasteiger charge is 2.37. The molecule has 33 heavy (non-hydrogen) atoms. The van der Waals surface area contributed by atoms with Gasteiger partial charge in [-0.25, -0.2) is 8.42 Å². The van der Waals surface area contributed by atoms with Gasteiger partial charge in [0.05, 0.1) is 24.2 Å². The average molecular weight is 487 g/mol. The van der Waals surface area contributed by atoms with Crippen LogP contribution in [0.3, 0.4) is 0 Å². The third kappa shape index (κ3) is 4.62. The van der Waals surface area contributed by atoms with Crippen LogP contribution in [0.4, 0.5) is 11.4 Å². The Labute approximate surface area is 197 Å². The highest BCUT2D eigenvalue weighted by molar-refractivity contribution is 7.92. The zero-order valence-electron chi connectivity index (χ0n) is 18.3. The van der Waals surface area contributed by atoms with Gasteiger partial charge in [-0.2, -0.15) is 0 Å². The summed E-state index contributed by atoms with van der Waals surface area (Å²) < 4.78 is 39.4. The van der Waals surface area contributed by atoms with Gasteiger partial charge >= 0.3 is 0 Å². The van der Waals surface area contributed by atoms with Crippen molar-refractivity contribution >= 4 is 38.9 Å². The largest absolute Gasteiger partial charge is 0.497 e. The predicted octanol–water partition coefficient (Wildman–Crippen LogP) is 4.56. The smallest absolute Gasteiger partial charge is 0.267 e. The Hall–Kier alpha value is -3.23. The Kier molecular flexibility index (Phi) is 6.23. The summed E-state index contributed by atoms with van der Waals surface area (Å²) in [6, 6.07) is 16.4. The minimum atomic E-state index is -3.97. The molecule has 172 valence electrons. The Bertz CT molecular complexity index is 1310. The molecule has 1 aliphatic heterocycles. The van der Waals surface area contributed by atoms with E-state index in [1.807, 2.05) is 13.8 Å². The van der Waals surface area contributed by atoms with E-state index in [0.29, 0.717) is 27.9 Å². The van der Waals surface area contributed by atoms with Crippen molar-refractivity contribution in [2.45, 2.75) is 24.8 Å². The van der Waals surface area contributed by atoms with Crippen LogP contribution in [-0.2, 0) is 14.8 Å². The van der Waals surface area contributed by atoms with Crippen molar-refractivity contribution in [1.82, 2.24) is 0 Å². The van der Waals surface area contributed by atoms with Crippen LogP contribution >= 0.6 is 11.6 Å². The lowest BCUT2D eigenvalue weighted by Gasteiger charge is -2.35. The molecular formula is C24H23ClN2O5S. The molecule has 0 saturated carbocycles. The van der Waals surface area contributed by atoms with E-state index in [4.69, 9.17) is 21.1 Å². The molecule has 0 fully saturated rings. The van der Waals surface area contributed by atoms with Crippen molar-refractivity contribution in [2.75, 3.05) is 23.3 Å². The number of hydrogen-bond donors (Lipinski definition) is 1. The van der Waals surface area contributed by atoms with Gasteiger partial charge in [0.15, 0.2) is 6.10 Å². The third-order valence-corrected chi connectivity index (χ3v) is 7.40. The van der Waals surface area contributed by atoms with Gasteiger partial charge in [-0.15, -0.1) is 0 Å². The van der Waals surface area contributed by atoms with Crippen molar-refractivity contribution in [1.29, 1.82) is 0 Å². The molecule has 3 aromatic carbocycles. The number of anilines is 2. The minimum Gasteiger partial charge on any atom is -0.497 e. The number of rotatable bonds is 5. The fourth-order valence-corrected chi connectivity index (χ4v) is 5.28. The number of halogens is 1. The molecule has 0 saturated heterocycles. The summed E-state index contributed by atoms with van der Waals surface area (Å²) in [5.41, 5.74) is 2.62. The van der Waals surface area contributed by atoms with E-state index in [9.17, 15) is 13.2 Å². The molecule has 1 N–H and O–H groups in total. The number of nitrogens with zero attached hydrogens (tertiary/aromatic N) is 1. The van der Waals surface area contributed by atoms with Crippen molar-refractivity contribution < 1.29 is 22.7 Å². The van der Waals surface area contributed by atoms with E-state index in [2.05, 4.69) is 5.32 Å². The van der Waals surface area contributed by atoms with E-state index in [-0.39, 0.29) is 11.4 Å². The number of carbonyl (C=O) groups excluding carboxylic acids is 1. The first-order chi connectivity index (χ1) is 15.7. The fourth-order valence-electron chi connectivity index (χ4n) is 3.58. The monoisotopic (exact) mass is 486 g/mol. The average Bonchev–Trinajstić information content (AvgIpc) is 2.79. The molecule has 0 spiro atoms. The molecule has 4 rings (SSSR count). The van der Waals surface area contributed by atoms with Crippen LogP contribution < -0.4 is 19.1 Å². The first-order valence-corrected chi connectivity index (χ1v) is 12.0. The van der Waals surface area contributed by atoms with Crippen LogP contribution in [0.25, 0.3) is 0 Å². The molecule has 1 aliphatic rings. The quantitative estimate of drug-likeness (QED) is 0.571. The lowest BCUT2D eigenvalue weighted by Crippen LogP contribution is -2.48. The number of nitrogens with one attached hydrogen (secondary N) is 1. The van der Waals surface area contributed by atoms with Gasteiger partial charge in [-0.3, -0.25) is 9.10 Å². The first kappa shape index (κ1) is 22.9. The molecule has 1 heterocycles. The summed E-state index contributed by atoms with van der Waals surface area (Å²) in [7, 11) is -2.46. The normalized spacial score (nSPS) is 15.4. The summed E-state index contributed by atoms with van der Waals surface area (Å²) in [5, 5.41) is 3.37. The molecule has 0 aliphatic carbocycles. The van der Waals surface area contributed by atoms with Crippen LogP contribution in [0.5, 0.6) is 11.5 Å². The summed E-state index contributed by atoms with van der Waals surface area (Å²) in [5.74, 6) is 0.413. The first-order valence-electron chi connectivity index (χ1n) is 10.2. The maximum atomic E-state index is 13.5. The summed E-state index contributed by atoms with van der Waals surface area (Å²) in [6.45, 7) is 3.51. The number of benzene rings is 3. The van der Waals surface area contributed by atoms with Gasteiger partial charge in [0, 0.05) is 10.7 Å². The van der Waals surface area contributed by atoms with Gasteiger partial charge in [0.1, 0.15) is 11.5 Å². The number of aryl methyl sites for hydroxylation is 2. The number of methoxy groups -OCH3 is 1. The molecule has 1 amide bonds. The lowest BCUT2D eigenvalue weighted by molar-refractivity contribution is -0.122. The van der Waals surface area contributed by atoms with Crippen molar-refractivity contribution in [3.8, 4) is 11.5 Å². The van der Waals surface area contributed by atoms with Crippen LogP contribution in [0.15, 0.2) is 65.6 Å². The second kappa shape index (κ2) is 8.96. The molecule has 3 aromatic rings. The van der Waals surface area contributed by atoms with Crippen LogP contribution in [0, 0.1) is 13.8 Å². The number of carbonyl (C=O) groups is 1. The topological polar surface area (TPSA) is 84.9 Å². The summed E-state index contributed by atoms with van der Waals surface area (Å²) in [4.78, 5) is 13.2. The Morgan fingerprint density at radius 3 is 2.48 bits per heavy atom. The molecule has 7 nitrogen and oxygen atoms in total. The van der Waals surface area contributed by atoms with Crippen molar-refractivity contribution in [3.05, 3.63) is 76.8 Å². The zero-order valence-corrected chi connectivity index (χ0v) is 19.9. The Morgan fingerprint density at radius 1 is 1.09 bits per heavy atom. The van der Waals surface area contributed by atoms with Gasteiger partial charge in [-0.1, -0.05) is 17.7 Å². The van der Waals surface area contributed by atoms with Crippen molar-refractivity contribution in [3.63, 3.8) is 0 Å². The highest BCUT2D eigenvalue weighted by atomic mass is 35.5. The van der Waals surface area contributed by atoms with Gasteiger partial charge in [0.2, 0.25) is 0 Å². The SMILES string of the molecule is COc1ccc(S(=O)(=O)N2C[C@@H](C(=O)Nc3ccc(Cl)cc3C)Oc3cc(C)ccc32)cc1. The molecule has 0 radical (unpaired) electrons.